The summed E-state index contributed by atoms with van der Waals surface area (Å²) in [7, 11) is 1.70. The molecule has 1 rings (SSSR count). The van der Waals surface area contributed by atoms with Crippen LogP contribution in [0.1, 0.15) is 38.8 Å². The van der Waals surface area contributed by atoms with E-state index in [1.807, 2.05) is 12.1 Å². The van der Waals surface area contributed by atoms with E-state index >= 15 is 0 Å². The van der Waals surface area contributed by atoms with Crippen LogP contribution in [0, 0.1) is 5.92 Å². The van der Waals surface area contributed by atoms with Crippen LogP contribution in [0.3, 0.4) is 0 Å². The lowest BCUT2D eigenvalue weighted by atomic mass is 10.0. The van der Waals surface area contributed by atoms with Gasteiger partial charge in [0.2, 0.25) is 0 Å². The molecule has 0 bridgehead atoms. The third kappa shape index (κ3) is 3.86. The second-order valence-corrected chi connectivity index (χ2v) is 4.54. The number of rotatable bonds is 6. The van der Waals surface area contributed by atoms with Crippen molar-refractivity contribution in [1.82, 2.24) is 5.32 Å². The smallest absolute Gasteiger partial charge is 0.118 e. The zero-order valence-corrected chi connectivity index (χ0v) is 10.8. The highest BCUT2D eigenvalue weighted by molar-refractivity contribution is 5.29. The van der Waals surface area contributed by atoms with Gasteiger partial charge >= 0.3 is 0 Å². The van der Waals surface area contributed by atoms with Crippen molar-refractivity contribution in [2.75, 3.05) is 13.7 Å². The number of ether oxygens (including phenoxy) is 1. The molecule has 1 N–H and O–H groups in total. The Balaban J connectivity index is 2.63. The summed E-state index contributed by atoms with van der Waals surface area (Å²) in [6.07, 6.45) is 1.11. The highest BCUT2D eigenvalue weighted by Gasteiger charge is 2.08. The maximum absolute atomic E-state index is 5.16. The van der Waals surface area contributed by atoms with E-state index < -0.39 is 0 Å². The van der Waals surface area contributed by atoms with Crippen molar-refractivity contribution in [3.8, 4) is 5.75 Å². The topological polar surface area (TPSA) is 21.3 Å². The lowest BCUT2D eigenvalue weighted by Gasteiger charge is -2.19. The molecule has 0 aliphatic heterocycles. The van der Waals surface area contributed by atoms with Crippen LogP contribution in [0.5, 0.6) is 5.75 Å². The highest BCUT2D eigenvalue weighted by Crippen LogP contribution is 2.20. The number of hydrogen-bond donors (Lipinski definition) is 1. The molecule has 2 nitrogen and oxygen atoms in total. The van der Waals surface area contributed by atoms with E-state index in [1.165, 1.54) is 5.56 Å². The summed E-state index contributed by atoms with van der Waals surface area (Å²) in [5.74, 6) is 1.61. The Morgan fingerprint density at radius 1 is 1.19 bits per heavy atom. The predicted molar refractivity (Wildman–Crippen MR) is 68.9 cm³/mol. The molecule has 1 atom stereocenters. The first kappa shape index (κ1) is 13.0. The van der Waals surface area contributed by atoms with Crippen LogP contribution in [-0.4, -0.2) is 13.7 Å². The minimum atomic E-state index is 0.452. The molecule has 0 amide bonds. The minimum absolute atomic E-state index is 0.452. The van der Waals surface area contributed by atoms with Crippen LogP contribution in [0.2, 0.25) is 0 Å². The third-order valence-corrected chi connectivity index (χ3v) is 2.70. The Hall–Kier alpha value is -1.02. The Morgan fingerprint density at radius 2 is 1.81 bits per heavy atom. The zero-order valence-electron chi connectivity index (χ0n) is 10.8. The van der Waals surface area contributed by atoms with Crippen LogP contribution < -0.4 is 10.1 Å². The quantitative estimate of drug-likeness (QED) is 0.795. The van der Waals surface area contributed by atoms with Crippen molar-refractivity contribution in [3.63, 3.8) is 0 Å². The van der Waals surface area contributed by atoms with Gasteiger partial charge in [-0.15, -0.1) is 0 Å². The van der Waals surface area contributed by atoms with Crippen LogP contribution in [0.4, 0.5) is 0 Å². The fraction of sp³-hybridized carbons (Fsp3) is 0.571. The molecular formula is C14H23NO. The van der Waals surface area contributed by atoms with Gasteiger partial charge in [-0.3, -0.25) is 0 Å². The molecule has 16 heavy (non-hydrogen) atoms. The molecule has 0 saturated heterocycles. The summed E-state index contributed by atoms with van der Waals surface area (Å²) in [6, 6.07) is 8.78. The van der Waals surface area contributed by atoms with E-state index in [2.05, 4.69) is 38.2 Å². The van der Waals surface area contributed by atoms with E-state index in [0.717, 1.165) is 18.7 Å². The Bertz CT molecular complexity index is 292. The van der Waals surface area contributed by atoms with Gasteiger partial charge in [-0.1, -0.05) is 32.9 Å². The monoisotopic (exact) mass is 221 g/mol. The van der Waals surface area contributed by atoms with Gasteiger partial charge in [0.25, 0.3) is 0 Å². The summed E-state index contributed by atoms with van der Waals surface area (Å²) in [5.41, 5.74) is 1.34. The van der Waals surface area contributed by atoms with Crippen LogP contribution in [0.15, 0.2) is 24.3 Å². The number of hydrogen-bond acceptors (Lipinski definition) is 2. The first-order valence-electron chi connectivity index (χ1n) is 6.04. The van der Waals surface area contributed by atoms with Crippen molar-refractivity contribution in [1.29, 1.82) is 0 Å². The van der Waals surface area contributed by atoms with Gasteiger partial charge in [0.1, 0.15) is 5.75 Å². The maximum atomic E-state index is 5.16. The molecule has 0 aliphatic carbocycles. The van der Waals surface area contributed by atoms with Gasteiger partial charge in [-0.25, -0.2) is 0 Å². The van der Waals surface area contributed by atoms with Gasteiger partial charge in [-0.2, -0.15) is 0 Å². The summed E-state index contributed by atoms with van der Waals surface area (Å²) in [6.45, 7) is 7.73. The van der Waals surface area contributed by atoms with Gasteiger partial charge in [0.05, 0.1) is 7.11 Å². The lowest BCUT2D eigenvalue weighted by molar-refractivity contribution is 0.413. The molecule has 90 valence electrons. The average Bonchev–Trinajstić information content (AvgIpc) is 2.30. The van der Waals surface area contributed by atoms with E-state index in [0.29, 0.717) is 12.0 Å². The number of nitrogens with one attached hydrogen (secondary N) is 1. The molecule has 0 fully saturated rings. The third-order valence-electron chi connectivity index (χ3n) is 2.70. The second-order valence-electron chi connectivity index (χ2n) is 4.54. The summed E-state index contributed by atoms with van der Waals surface area (Å²) in [5, 5.41) is 3.58. The van der Waals surface area contributed by atoms with Crippen molar-refractivity contribution in [2.45, 2.75) is 33.2 Å². The molecule has 0 aliphatic rings. The van der Waals surface area contributed by atoms with E-state index in [9.17, 15) is 0 Å². The van der Waals surface area contributed by atoms with Crippen molar-refractivity contribution in [3.05, 3.63) is 29.8 Å². The Labute approximate surface area is 99.0 Å². The van der Waals surface area contributed by atoms with Gasteiger partial charge in [0, 0.05) is 6.04 Å². The highest BCUT2D eigenvalue weighted by atomic mass is 16.5. The summed E-state index contributed by atoms with van der Waals surface area (Å²) in [4.78, 5) is 0. The molecule has 1 aromatic rings. The molecule has 0 aromatic heterocycles. The summed E-state index contributed by atoms with van der Waals surface area (Å²) >= 11 is 0. The molecular weight excluding hydrogens is 198 g/mol. The largest absolute Gasteiger partial charge is 0.497 e. The number of benzene rings is 1. The molecule has 1 aromatic carbocycles. The van der Waals surface area contributed by atoms with E-state index in [-0.39, 0.29) is 0 Å². The molecule has 0 heterocycles. The molecule has 2 heteroatoms. The molecule has 0 unspecified atom stereocenters. The van der Waals surface area contributed by atoms with Crippen LogP contribution in [-0.2, 0) is 0 Å². The van der Waals surface area contributed by atoms with E-state index in [4.69, 9.17) is 4.74 Å². The van der Waals surface area contributed by atoms with Gasteiger partial charge < -0.3 is 10.1 Å². The fourth-order valence-electron chi connectivity index (χ4n) is 1.71. The summed E-state index contributed by atoms with van der Waals surface area (Å²) < 4.78 is 5.16. The zero-order chi connectivity index (χ0) is 12.0. The first-order valence-corrected chi connectivity index (χ1v) is 6.04. The normalized spacial score (nSPS) is 12.8. The second kappa shape index (κ2) is 6.54. The fourth-order valence-corrected chi connectivity index (χ4v) is 1.71. The standard InChI is InChI=1S/C14H23NO/c1-5-14(15-10-11(2)3)12-6-8-13(16-4)9-7-12/h6-9,11,14-15H,5,10H2,1-4H3/t14-/m1/s1. The average molecular weight is 221 g/mol. The molecule has 0 radical (unpaired) electrons. The van der Waals surface area contributed by atoms with Crippen LogP contribution in [0.25, 0.3) is 0 Å². The van der Waals surface area contributed by atoms with Gasteiger partial charge in [0.15, 0.2) is 0 Å². The Morgan fingerprint density at radius 3 is 2.25 bits per heavy atom. The maximum Gasteiger partial charge on any atom is 0.118 e. The van der Waals surface area contributed by atoms with Crippen molar-refractivity contribution < 1.29 is 4.74 Å². The Kier molecular flexibility index (Phi) is 5.33. The van der Waals surface area contributed by atoms with E-state index in [1.54, 1.807) is 7.11 Å². The van der Waals surface area contributed by atoms with Gasteiger partial charge in [-0.05, 0) is 36.6 Å². The first-order chi connectivity index (χ1) is 7.67. The SMILES string of the molecule is CC[C@@H](NCC(C)C)c1ccc(OC)cc1. The molecule has 0 spiro atoms. The number of methoxy groups -OCH3 is 1. The lowest BCUT2D eigenvalue weighted by Crippen LogP contribution is -2.24. The molecule has 0 saturated carbocycles. The van der Waals surface area contributed by atoms with Crippen LogP contribution >= 0.6 is 0 Å². The van der Waals surface area contributed by atoms with Crippen molar-refractivity contribution in [2.24, 2.45) is 5.92 Å². The predicted octanol–water partition coefficient (Wildman–Crippen LogP) is 3.39. The minimum Gasteiger partial charge on any atom is -0.497 e. The van der Waals surface area contributed by atoms with Crippen molar-refractivity contribution >= 4 is 0 Å².